The number of carbonyl (C=O) groups is 1. The molecule has 0 atom stereocenters. The van der Waals surface area contributed by atoms with Crippen molar-refractivity contribution in [2.45, 2.75) is 13.8 Å². The fraction of sp³-hybridized carbons (Fsp3) is 0.250. The molecular weight excluding hydrogens is 284 g/mol. The zero-order valence-corrected chi connectivity index (χ0v) is 13.0. The average molecular weight is 302 g/mol. The number of nitrogens with zero attached hydrogens (tertiary/aromatic N) is 2. The second-order valence-electron chi connectivity index (χ2n) is 4.66. The quantitative estimate of drug-likeness (QED) is 0.482. The van der Waals surface area contributed by atoms with Crippen LogP contribution >= 0.6 is 0 Å². The number of hydrogen-bond acceptors (Lipinski definition) is 5. The summed E-state index contributed by atoms with van der Waals surface area (Å²) in [6.07, 6.45) is 3.06. The summed E-state index contributed by atoms with van der Waals surface area (Å²) in [4.78, 5) is 11.7. The van der Waals surface area contributed by atoms with Crippen LogP contribution < -0.4 is 4.74 Å². The first kappa shape index (κ1) is 15.6. The smallest absolute Gasteiger partial charge is 0.377 e. The van der Waals surface area contributed by atoms with E-state index in [2.05, 4.69) is 9.84 Å². The highest BCUT2D eigenvalue weighted by atomic mass is 16.6. The monoisotopic (exact) mass is 302 g/mol. The van der Waals surface area contributed by atoms with E-state index in [4.69, 9.17) is 9.47 Å². The Hall–Kier alpha value is -2.76. The van der Waals surface area contributed by atoms with E-state index in [0.29, 0.717) is 5.75 Å². The van der Waals surface area contributed by atoms with Gasteiger partial charge in [-0.2, -0.15) is 5.10 Å². The van der Waals surface area contributed by atoms with E-state index in [9.17, 15) is 4.79 Å². The third-order valence-corrected chi connectivity index (χ3v) is 2.99. The maximum absolute atomic E-state index is 11.7. The molecule has 1 aromatic carbocycles. The molecule has 6 nitrogen and oxygen atoms in total. The third-order valence-electron chi connectivity index (χ3n) is 2.99. The van der Waals surface area contributed by atoms with Gasteiger partial charge in [-0.25, -0.2) is 9.48 Å². The Balaban J connectivity index is 2.34. The van der Waals surface area contributed by atoms with Crippen molar-refractivity contribution in [2.75, 3.05) is 14.2 Å². The molecule has 2 rings (SSSR count). The van der Waals surface area contributed by atoms with Gasteiger partial charge in [-0.15, -0.1) is 0 Å². The van der Waals surface area contributed by atoms with E-state index in [1.165, 1.54) is 20.5 Å². The lowest BCUT2D eigenvalue weighted by Gasteiger charge is -2.12. The predicted molar refractivity (Wildman–Crippen MR) is 80.8 cm³/mol. The van der Waals surface area contributed by atoms with Crippen LogP contribution in [0.15, 0.2) is 42.5 Å². The second kappa shape index (κ2) is 6.80. The Morgan fingerprint density at radius 2 is 2.00 bits per heavy atom. The van der Waals surface area contributed by atoms with Crippen LogP contribution in [-0.2, 0) is 14.3 Å². The number of esters is 1. The number of benzene rings is 1. The zero-order valence-electron chi connectivity index (χ0n) is 13.0. The molecule has 116 valence electrons. The van der Waals surface area contributed by atoms with Gasteiger partial charge in [0.15, 0.2) is 0 Å². The van der Waals surface area contributed by atoms with Crippen molar-refractivity contribution in [1.82, 2.24) is 9.78 Å². The number of aryl methyl sites for hydroxylation is 2. The van der Waals surface area contributed by atoms with Crippen LogP contribution in [0.2, 0.25) is 0 Å². The lowest BCUT2D eigenvalue weighted by atomic mass is 10.2. The molecule has 0 saturated heterocycles. The first-order chi connectivity index (χ1) is 10.5. The van der Waals surface area contributed by atoms with Gasteiger partial charge in [0.1, 0.15) is 12.0 Å². The highest BCUT2D eigenvalue weighted by Crippen LogP contribution is 2.24. The maximum atomic E-state index is 11.7. The van der Waals surface area contributed by atoms with E-state index in [-0.39, 0.29) is 5.76 Å². The van der Waals surface area contributed by atoms with E-state index < -0.39 is 5.97 Å². The molecule has 0 aliphatic heterocycles. The van der Waals surface area contributed by atoms with Gasteiger partial charge in [-0.1, -0.05) is 6.07 Å². The minimum atomic E-state index is -0.610. The van der Waals surface area contributed by atoms with Crippen molar-refractivity contribution < 1.29 is 19.0 Å². The van der Waals surface area contributed by atoms with Crippen molar-refractivity contribution in [3.05, 3.63) is 53.7 Å². The van der Waals surface area contributed by atoms with Crippen LogP contribution in [0.25, 0.3) is 5.69 Å². The molecule has 0 amide bonds. The summed E-state index contributed by atoms with van der Waals surface area (Å²) >= 11 is 0. The van der Waals surface area contributed by atoms with Gasteiger partial charge >= 0.3 is 5.97 Å². The number of methoxy groups -OCH3 is 2. The summed E-state index contributed by atoms with van der Waals surface area (Å²) in [6, 6.07) is 7.52. The summed E-state index contributed by atoms with van der Waals surface area (Å²) in [7, 11) is 2.72. The van der Waals surface area contributed by atoms with Crippen molar-refractivity contribution in [3.8, 4) is 11.4 Å². The first-order valence-corrected chi connectivity index (χ1v) is 6.67. The standard InChI is InChI=1S/C16H18N2O4/c1-11-5-6-13(18-8-7-12(2)17-18)9-14(11)22-15(10-20-3)16(19)21-4/h5-10H,1-4H3/b15-10-. The molecule has 0 aliphatic rings. The molecule has 2 aromatic rings. The van der Waals surface area contributed by atoms with Gasteiger partial charge in [0, 0.05) is 12.3 Å². The number of carbonyl (C=O) groups excluding carboxylic acids is 1. The highest BCUT2D eigenvalue weighted by Gasteiger charge is 2.15. The van der Waals surface area contributed by atoms with Crippen molar-refractivity contribution in [1.29, 1.82) is 0 Å². The fourth-order valence-electron chi connectivity index (χ4n) is 1.84. The van der Waals surface area contributed by atoms with E-state index >= 15 is 0 Å². The molecular formula is C16H18N2O4. The Morgan fingerprint density at radius 1 is 1.23 bits per heavy atom. The summed E-state index contributed by atoms with van der Waals surface area (Å²) < 4.78 is 16.9. The van der Waals surface area contributed by atoms with Gasteiger partial charge in [0.05, 0.1) is 25.6 Å². The summed E-state index contributed by atoms with van der Waals surface area (Å²) in [5.74, 6) is -0.108. The van der Waals surface area contributed by atoms with E-state index in [0.717, 1.165) is 16.9 Å². The third kappa shape index (κ3) is 3.46. The first-order valence-electron chi connectivity index (χ1n) is 6.67. The van der Waals surface area contributed by atoms with Crippen LogP contribution in [0.4, 0.5) is 0 Å². The molecule has 0 N–H and O–H groups in total. The molecule has 0 bridgehead atoms. The highest BCUT2D eigenvalue weighted by molar-refractivity contribution is 5.86. The summed E-state index contributed by atoms with van der Waals surface area (Å²) in [6.45, 7) is 3.80. The second-order valence-corrected chi connectivity index (χ2v) is 4.66. The lowest BCUT2D eigenvalue weighted by Crippen LogP contribution is -2.12. The summed E-state index contributed by atoms with van der Waals surface area (Å²) in [5.41, 5.74) is 2.62. The lowest BCUT2D eigenvalue weighted by molar-refractivity contribution is -0.138. The Morgan fingerprint density at radius 3 is 2.59 bits per heavy atom. The van der Waals surface area contributed by atoms with Gasteiger partial charge < -0.3 is 14.2 Å². The van der Waals surface area contributed by atoms with Crippen LogP contribution in [0.5, 0.6) is 5.75 Å². The van der Waals surface area contributed by atoms with Gasteiger partial charge in [0.25, 0.3) is 0 Å². The molecule has 1 heterocycles. The van der Waals surface area contributed by atoms with E-state index in [1.807, 2.05) is 38.2 Å². The van der Waals surface area contributed by atoms with Crippen LogP contribution in [0.1, 0.15) is 11.3 Å². The van der Waals surface area contributed by atoms with Gasteiger partial charge in [-0.05, 0) is 31.5 Å². The molecule has 0 spiro atoms. The molecule has 0 radical (unpaired) electrons. The van der Waals surface area contributed by atoms with Crippen LogP contribution in [-0.4, -0.2) is 30.0 Å². The normalized spacial score (nSPS) is 11.2. The minimum Gasteiger partial charge on any atom is -0.500 e. The molecule has 0 fully saturated rings. The van der Waals surface area contributed by atoms with Gasteiger partial charge in [-0.3, -0.25) is 0 Å². The van der Waals surface area contributed by atoms with Crippen LogP contribution in [0, 0.1) is 13.8 Å². The van der Waals surface area contributed by atoms with Crippen molar-refractivity contribution in [3.63, 3.8) is 0 Å². The average Bonchev–Trinajstić information content (AvgIpc) is 2.94. The Labute approximate surface area is 128 Å². The topological polar surface area (TPSA) is 62.6 Å². The molecule has 22 heavy (non-hydrogen) atoms. The largest absolute Gasteiger partial charge is 0.500 e. The number of ether oxygens (including phenoxy) is 3. The fourth-order valence-corrected chi connectivity index (χ4v) is 1.84. The number of aromatic nitrogens is 2. The van der Waals surface area contributed by atoms with E-state index in [1.54, 1.807) is 10.7 Å². The van der Waals surface area contributed by atoms with Crippen LogP contribution in [0.3, 0.4) is 0 Å². The Bertz CT molecular complexity index is 704. The minimum absolute atomic E-state index is 0.0260. The Kier molecular flexibility index (Phi) is 4.83. The molecule has 0 saturated carbocycles. The SMILES string of the molecule is CO/C=C(\Oc1cc(-n2ccc(C)n2)ccc1C)C(=O)OC. The molecule has 6 heteroatoms. The predicted octanol–water partition coefficient (Wildman–Crippen LogP) is 2.53. The number of rotatable bonds is 5. The molecule has 0 unspecified atom stereocenters. The molecule has 0 aliphatic carbocycles. The van der Waals surface area contributed by atoms with Crippen molar-refractivity contribution in [2.24, 2.45) is 0 Å². The number of hydrogen-bond donors (Lipinski definition) is 0. The summed E-state index contributed by atoms with van der Waals surface area (Å²) in [5, 5.41) is 4.35. The zero-order chi connectivity index (χ0) is 16.1. The molecule has 1 aromatic heterocycles. The maximum Gasteiger partial charge on any atom is 0.377 e. The van der Waals surface area contributed by atoms with Crippen molar-refractivity contribution >= 4 is 5.97 Å². The van der Waals surface area contributed by atoms with Gasteiger partial charge in [0.2, 0.25) is 5.76 Å².